The highest BCUT2D eigenvalue weighted by molar-refractivity contribution is 5.81. The van der Waals surface area contributed by atoms with E-state index >= 15 is 0 Å². The minimum atomic E-state index is -0.647. The molecular formula is C13H17N3O2. The van der Waals surface area contributed by atoms with Crippen LogP contribution in [-0.4, -0.2) is 28.1 Å². The van der Waals surface area contributed by atoms with Crippen molar-refractivity contribution >= 4 is 17.0 Å². The summed E-state index contributed by atoms with van der Waals surface area (Å²) in [4.78, 5) is 18.9. The lowest BCUT2D eigenvalue weighted by molar-refractivity contribution is -0.148. The second kappa shape index (κ2) is 5.18. The third-order valence-electron chi connectivity index (χ3n) is 2.63. The number of pyridine rings is 1. The third-order valence-corrected chi connectivity index (χ3v) is 2.63. The van der Waals surface area contributed by atoms with Gasteiger partial charge >= 0.3 is 5.97 Å². The van der Waals surface area contributed by atoms with Crippen LogP contribution in [0.5, 0.6) is 0 Å². The van der Waals surface area contributed by atoms with E-state index in [9.17, 15) is 4.79 Å². The van der Waals surface area contributed by atoms with E-state index in [1.54, 1.807) is 20.0 Å². The summed E-state index contributed by atoms with van der Waals surface area (Å²) >= 11 is 0. The number of ether oxygens (including phenoxy) is 1. The van der Waals surface area contributed by atoms with Crippen LogP contribution in [0.2, 0.25) is 0 Å². The predicted octanol–water partition coefficient (Wildman–Crippen LogP) is 1.38. The van der Waals surface area contributed by atoms with E-state index in [-0.39, 0.29) is 12.1 Å². The van der Waals surface area contributed by atoms with Gasteiger partial charge in [-0.15, -0.1) is 0 Å². The molecule has 0 fully saturated rings. The molecule has 0 amide bonds. The minimum Gasteiger partial charge on any atom is -0.462 e. The average Bonchev–Trinajstić information content (AvgIpc) is 2.72. The first kappa shape index (κ1) is 12.6. The zero-order chi connectivity index (χ0) is 13.1. The lowest BCUT2D eigenvalue weighted by atomic mass is 10.1. The van der Waals surface area contributed by atoms with Gasteiger partial charge in [-0.1, -0.05) is 0 Å². The summed E-state index contributed by atoms with van der Waals surface area (Å²) < 4.78 is 5.08. The Morgan fingerprint density at radius 3 is 3.06 bits per heavy atom. The van der Waals surface area contributed by atoms with Crippen molar-refractivity contribution in [2.24, 2.45) is 5.73 Å². The number of hydrogen-bond acceptors (Lipinski definition) is 4. The van der Waals surface area contributed by atoms with Crippen LogP contribution in [0.1, 0.15) is 19.4 Å². The molecule has 2 aromatic heterocycles. The van der Waals surface area contributed by atoms with Gasteiger partial charge in [-0.3, -0.25) is 4.79 Å². The lowest BCUT2D eigenvalue weighted by Crippen LogP contribution is -2.35. The topological polar surface area (TPSA) is 81.0 Å². The summed E-state index contributed by atoms with van der Waals surface area (Å²) in [6.45, 7) is 3.61. The average molecular weight is 247 g/mol. The zero-order valence-corrected chi connectivity index (χ0v) is 10.5. The van der Waals surface area contributed by atoms with Crippen molar-refractivity contribution in [3.05, 3.63) is 30.1 Å². The molecule has 0 saturated heterocycles. The fourth-order valence-corrected chi connectivity index (χ4v) is 1.82. The molecule has 2 rings (SSSR count). The summed E-state index contributed by atoms with van der Waals surface area (Å²) in [6.07, 6.45) is 3.85. The maximum Gasteiger partial charge on any atom is 0.323 e. The van der Waals surface area contributed by atoms with Crippen molar-refractivity contribution in [2.45, 2.75) is 32.4 Å². The maximum absolute atomic E-state index is 11.6. The molecule has 18 heavy (non-hydrogen) atoms. The second-order valence-corrected chi connectivity index (χ2v) is 4.51. The molecule has 0 aliphatic carbocycles. The first-order valence-corrected chi connectivity index (χ1v) is 5.95. The minimum absolute atomic E-state index is 0.145. The number of nitrogens with two attached hydrogens (primary N) is 1. The molecule has 0 saturated carbocycles. The molecule has 96 valence electrons. The second-order valence-electron chi connectivity index (χ2n) is 4.51. The molecule has 0 aliphatic rings. The van der Waals surface area contributed by atoms with Gasteiger partial charge in [0.15, 0.2) is 0 Å². The number of H-pyrrole nitrogens is 1. The number of nitrogens with one attached hydrogen (secondary N) is 1. The standard InChI is InChI=1S/C13H17N3O2/c1-8(2)18-13(17)11(14)6-9-7-16-12-10(9)4-3-5-15-12/h3-5,7-8,11H,6,14H2,1-2H3,(H,15,16)/t11-/m1/s1. The van der Waals surface area contributed by atoms with Gasteiger partial charge in [0.05, 0.1) is 6.10 Å². The maximum atomic E-state index is 11.6. The molecular weight excluding hydrogens is 230 g/mol. The van der Waals surface area contributed by atoms with Crippen LogP contribution in [0.15, 0.2) is 24.5 Å². The Morgan fingerprint density at radius 1 is 1.56 bits per heavy atom. The van der Waals surface area contributed by atoms with Gasteiger partial charge in [-0.25, -0.2) is 4.98 Å². The highest BCUT2D eigenvalue weighted by atomic mass is 16.5. The van der Waals surface area contributed by atoms with Gasteiger partial charge in [0.1, 0.15) is 11.7 Å². The van der Waals surface area contributed by atoms with Crippen LogP contribution >= 0.6 is 0 Å². The van der Waals surface area contributed by atoms with Gasteiger partial charge in [-0.05, 0) is 31.5 Å². The van der Waals surface area contributed by atoms with Crippen molar-refractivity contribution < 1.29 is 9.53 Å². The van der Waals surface area contributed by atoms with E-state index in [1.807, 2.05) is 18.3 Å². The van der Waals surface area contributed by atoms with E-state index in [0.29, 0.717) is 6.42 Å². The van der Waals surface area contributed by atoms with E-state index in [4.69, 9.17) is 10.5 Å². The molecule has 5 heteroatoms. The van der Waals surface area contributed by atoms with Crippen LogP contribution < -0.4 is 5.73 Å². The Kier molecular flexibility index (Phi) is 3.62. The number of fused-ring (bicyclic) bond motifs is 1. The van der Waals surface area contributed by atoms with Crippen LogP contribution in [0.4, 0.5) is 0 Å². The Labute approximate surface area is 105 Å². The number of aromatic amines is 1. The van der Waals surface area contributed by atoms with Crippen molar-refractivity contribution in [1.29, 1.82) is 0 Å². The lowest BCUT2D eigenvalue weighted by Gasteiger charge is -2.13. The SMILES string of the molecule is CC(C)OC(=O)[C@H](N)Cc1c[nH]c2ncccc12. The number of hydrogen-bond donors (Lipinski definition) is 2. The normalized spacial score (nSPS) is 12.9. The van der Waals surface area contributed by atoms with Gasteiger partial charge < -0.3 is 15.5 Å². The Hall–Kier alpha value is -1.88. The summed E-state index contributed by atoms with van der Waals surface area (Å²) in [7, 11) is 0. The molecule has 0 aliphatic heterocycles. The van der Waals surface area contributed by atoms with E-state index in [2.05, 4.69) is 9.97 Å². The Morgan fingerprint density at radius 2 is 2.33 bits per heavy atom. The van der Waals surface area contributed by atoms with Crippen LogP contribution in [0.3, 0.4) is 0 Å². The molecule has 5 nitrogen and oxygen atoms in total. The molecule has 0 spiro atoms. The Balaban J connectivity index is 2.11. The monoisotopic (exact) mass is 247 g/mol. The molecule has 0 aromatic carbocycles. The number of carbonyl (C=O) groups excluding carboxylic acids is 1. The van der Waals surface area contributed by atoms with Gasteiger partial charge in [0.2, 0.25) is 0 Å². The zero-order valence-electron chi connectivity index (χ0n) is 10.5. The highest BCUT2D eigenvalue weighted by Gasteiger charge is 2.18. The van der Waals surface area contributed by atoms with Crippen molar-refractivity contribution in [3.8, 4) is 0 Å². The molecule has 3 N–H and O–H groups in total. The molecule has 0 bridgehead atoms. The predicted molar refractivity (Wildman–Crippen MR) is 69.0 cm³/mol. The largest absolute Gasteiger partial charge is 0.462 e. The summed E-state index contributed by atoms with van der Waals surface area (Å²) in [5, 5.41) is 0.991. The first-order chi connectivity index (χ1) is 8.58. The molecule has 0 radical (unpaired) electrons. The number of rotatable bonds is 4. The van der Waals surface area contributed by atoms with Gasteiger partial charge in [0, 0.05) is 24.2 Å². The fraction of sp³-hybridized carbons (Fsp3) is 0.385. The van der Waals surface area contributed by atoms with E-state index in [1.165, 1.54) is 0 Å². The van der Waals surface area contributed by atoms with E-state index < -0.39 is 6.04 Å². The van der Waals surface area contributed by atoms with Gasteiger partial charge in [-0.2, -0.15) is 0 Å². The van der Waals surface area contributed by atoms with Crippen LogP contribution in [0, 0.1) is 0 Å². The molecule has 2 aromatic rings. The fourth-order valence-electron chi connectivity index (χ4n) is 1.82. The molecule has 2 heterocycles. The summed E-state index contributed by atoms with van der Waals surface area (Å²) in [6, 6.07) is 3.17. The molecule has 0 unspecified atom stereocenters. The van der Waals surface area contributed by atoms with Gasteiger partial charge in [0.25, 0.3) is 0 Å². The van der Waals surface area contributed by atoms with Crippen LogP contribution in [0.25, 0.3) is 11.0 Å². The highest BCUT2D eigenvalue weighted by Crippen LogP contribution is 2.17. The molecule has 1 atom stereocenters. The summed E-state index contributed by atoms with van der Waals surface area (Å²) in [5.41, 5.74) is 7.62. The van der Waals surface area contributed by atoms with Crippen molar-refractivity contribution in [1.82, 2.24) is 9.97 Å². The van der Waals surface area contributed by atoms with Crippen molar-refractivity contribution in [3.63, 3.8) is 0 Å². The van der Waals surface area contributed by atoms with Crippen LogP contribution in [-0.2, 0) is 16.0 Å². The first-order valence-electron chi connectivity index (χ1n) is 5.95. The van der Waals surface area contributed by atoms with Crippen molar-refractivity contribution in [2.75, 3.05) is 0 Å². The number of aromatic nitrogens is 2. The third kappa shape index (κ3) is 2.68. The van der Waals surface area contributed by atoms with E-state index in [0.717, 1.165) is 16.6 Å². The summed E-state index contributed by atoms with van der Waals surface area (Å²) in [5.74, 6) is -0.372. The number of nitrogens with zero attached hydrogens (tertiary/aromatic N) is 1. The number of carbonyl (C=O) groups is 1. The Bertz CT molecular complexity index is 548. The number of esters is 1. The smallest absolute Gasteiger partial charge is 0.323 e. The quantitative estimate of drug-likeness (QED) is 0.800.